The number of fused-ring (bicyclic) bond motifs is 3. The molecule has 202 valence electrons. The molecule has 0 spiro atoms. The Morgan fingerprint density at radius 3 is 1.56 bits per heavy atom. The number of hydrogen-bond donors (Lipinski definition) is 0. The summed E-state index contributed by atoms with van der Waals surface area (Å²) in [5.41, 5.74) is 7.80. The standard InChI is InChI=1S/C38H24N4S/c1-4-12-25(13-5-1)31-24-32(40-36(39-31)28-16-8-3-9-17-28)26-20-22-29(23-21-26)37-41-35(27-14-6-2-7-15-27)34-30-18-10-11-19-33(30)43-38(34)42-37/h1-24H. The molecular formula is C38H24N4S. The molecule has 0 aliphatic carbocycles. The minimum Gasteiger partial charge on any atom is -0.228 e. The highest BCUT2D eigenvalue weighted by atomic mass is 32.1. The third-order valence-corrected chi connectivity index (χ3v) is 8.62. The van der Waals surface area contributed by atoms with E-state index in [1.807, 2.05) is 54.6 Å². The van der Waals surface area contributed by atoms with E-state index < -0.39 is 0 Å². The van der Waals surface area contributed by atoms with Crippen molar-refractivity contribution >= 4 is 31.6 Å². The first kappa shape index (κ1) is 25.2. The van der Waals surface area contributed by atoms with Gasteiger partial charge in [-0.15, -0.1) is 11.3 Å². The lowest BCUT2D eigenvalue weighted by molar-refractivity contribution is 1.18. The molecule has 0 unspecified atom stereocenters. The SMILES string of the molecule is c1ccc(-c2cc(-c3ccc(-c4nc(-c5ccccc5)c5c(n4)sc4ccccc45)cc3)nc(-c3ccccc3)n2)cc1. The van der Waals surface area contributed by atoms with Gasteiger partial charge in [-0.25, -0.2) is 19.9 Å². The van der Waals surface area contributed by atoms with E-state index in [1.165, 1.54) is 10.1 Å². The van der Waals surface area contributed by atoms with Crippen molar-refractivity contribution in [3.8, 4) is 56.5 Å². The third kappa shape index (κ3) is 4.76. The molecule has 8 aromatic rings. The second-order valence-electron chi connectivity index (χ2n) is 10.3. The molecule has 0 saturated heterocycles. The smallest absolute Gasteiger partial charge is 0.161 e. The molecule has 0 fully saturated rings. The first-order valence-electron chi connectivity index (χ1n) is 14.2. The normalized spacial score (nSPS) is 11.3. The van der Waals surface area contributed by atoms with Crippen LogP contribution >= 0.6 is 11.3 Å². The predicted molar refractivity (Wildman–Crippen MR) is 178 cm³/mol. The van der Waals surface area contributed by atoms with Gasteiger partial charge in [-0.05, 0) is 12.1 Å². The van der Waals surface area contributed by atoms with Crippen LogP contribution in [0.15, 0.2) is 146 Å². The Labute approximate surface area is 253 Å². The lowest BCUT2D eigenvalue weighted by Crippen LogP contribution is -1.96. The summed E-state index contributed by atoms with van der Waals surface area (Å²) in [4.78, 5) is 21.1. The van der Waals surface area contributed by atoms with Crippen LogP contribution in [0.5, 0.6) is 0 Å². The number of nitrogens with zero attached hydrogens (tertiary/aromatic N) is 4. The average molecular weight is 569 g/mol. The van der Waals surface area contributed by atoms with Crippen LogP contribution in [0, 0.1) is 0 Å². The maximum absolute atomic E-state index is 5.14. The van der Waals surface area contributed by atoms with Crippen LogP contribution in [0.25, 0.3) is 76.9 Å². The molecule has 43 heavy (non-hydrogen) atoms. The maximum Gasteiger partial charge on any atom is 0.161 e. The summed E-state index contributed by atoms with van der Waals surface area (Å²) in [6.45, 7) is 0. The zero-order valence-electron chi connectivity index (χ0n) is 23.1. The number of rotatable bonds is 5. The lowest BCUT2D eigenvalue weighted by atomic mass is 10.0. The Morgan fingerprint density at radius 2 is 0.884 bits per heavy atom. The van der Waals surface area contributed by atoms with Crippen LogP contribution in [0.2, 0.25) is 0 Å². The fourth-order valence-corrected chi connectivity index (χ4v) is 6.49. The van der Waals surface area contributed by atoms with Crippen molar-refractivity contribution in [1.29, 1.82) is 0 Å². The number of thiophene rings is 1. The molecule has 0 radical (unpaired) electrons. The van der Waals surface area contributed by atoms with Gasteiger partial charge in [0.1, 0.15) is 4.83 Å². The summed E-state index contributed by atoms with van der Waals surface area (Å²) >= 11 is 1.71. The molecule has 5 aromatic carbocycles. The van der Waals surface area contributed by atoms with Gasteiger partial charge in [-0.2, -0.15) is 0 Å². The van der Waals surface area contributed by atoms with E-state index in [4.69, 9.17) is 19.9 Å². The van der Waals surface area contributed by atoms with Gasteiger partial charge < -0.3 is 0 Å². The van der Waals surface area contributed by atoms with E-state index in [9.17, 15) is 0 Å². The lowest BCUT2D eigenvalue weighted by Gasteiger charge is -2.10. The van der Waals surface area contributed by atoms with E-state index in [-0.39, 0.29) is 0 Å². The van der Waals surface area contributed by atoms with E-state index in [2.05, 4.69) is 91.0 Å². The number of hydrogen-bond acceptors (Lipinski definition) is 5. The summed E-state index contributed by atoms with van der Waals surface area (Å²) in [5, 5.41) is 2.30. The van der Waals surface area contributed by atoms with Gasteiger partial charge in [0.25, 0.3) is 0 Å². The van der Waals surface area contributed by atoms with Gasteiger partial charge in [-0.1, -0.05) is 133 Å². The average Bonchev–Trinajstić information content (AvgIpc) is 3.47. The quantitative estimate of drug-likeness (QED) is 0.207. The van der Waals surface area contributed by atoms with Crippen LogP contribution in [0.1, 0.15) is 0 Å². The molecule has 3 aromatic heterocycles. The summed E-state index contributed by atoms with van der Waals surface area (Å²) in [5.74, 6) is 1.41. The number of aromatic nitrogens is 4. The van der Waals surface area contributed by atoms with E-state index in [1.54, 1.807) is 11.3 Å². The van der Waals surface area contributed by atoms with Crippen molar-refractivity contribution in [2.75, 3.05) is 0 Å². The molecule has 8 rings (SSSR count). The van der Waals surface area contributed by atoms with Gasteiger partial charge in [0, 0.05) is 43.3 Å². The van der Waals surface area contributed by atoms with Gasteiger partial charge in [0.2, 0.25) is 0 Å². The van der Waals surface area contributed by atoms with Crippen LogP contribution in [-0.2, 0) is 0 Å². The van der Waals surface area contributed by atoms with E-state index in [0.29, 0.717) is 11.6 Å². The highest BCUT2D eigenvalue weighted by Crippen LogP contribution is 2.39. The molecule has 4 nitrogen and oxygen atoms in total. The van der Waals surface area contributed by atoms with Gasteiger partial charge in [0.15, 0.2) is 11.6 Å². The van der Waals surface area contributed by atoms with E-state index >= 15 is 0 Å². The summed E-state index contributed by atoms with van der Waals surface area (Å²) in [6, 6.07) is 49.6. The van der Waals surface area contributed by atoms with Crippen LogP contribution in [0.4, 0.5) is 0 Å². The van der Waals surface area contributed by atoms with Gasteiger partial charge >= 0.3 is 0 Å². The Morgan fingerprint density at radius 1 is 0.395 bits per heavy atom. The minimum absolute atomic E-state index is 0.701. The highest BCUT2D eigenvalue weighted by molar-refractivity contribution is 7.25. The summed E-state index contributed by atoms with van der Waals surface area (Å²) in [6.07, 6.45) is 0. The molecule has 0 aliphatic rings. The van der Waals surface area contributed by atoms with E-state index in [0.717, 1.165) is 55.1 Å². The molecular weight excluding hydrogens is 545 g/mol. The summed E-state index contributed by atoms with van der Waals surface area (Å²) < 4.78 is 1.21. The first-order chi connectivity index (χ1) is 21.3. The topological polar surface area (TPSA) is 51.6 Å². The highest BCUT2D eigenvalue weighted by Gasteiger charge is 2.17. The minimum atomic E-state index is 0.701. The largest absolute Gasteiger partial charge is 0.228 e. The Kier molecular flexibility index (Phi) is 6.28. The van der Waals surface area contributed by atoms with Gasteiger partial charge in [0.05, 0.1) is 17.1 Å². The number of benzene rings is 5. The predicted octanol–water partition coefficient (Wildman–Crippen LogP) is 9.97. The fraction of sp³-hybridized carbons (Fsp3) is 0. The zero-order valence-corrected chi connectivity index (χ0v) is 23.9. The molecule has 0 bridgehead atoms. The maximum atomic E-state index is 5.14. The van der Waals surface area contributed by atoms with Crippen molar-refractivity contribution < 1.29 is 0 Å². The Balaban J connectivity index is 1.24. The molecule has 0 amide bonds. The van der Waals surface area contributed by atoms with Crippen molar-refractivity contribution in [1.82, 2.24) is 19.9 Å². The zero-order chi connectivity index (χ0) is 28.6. The summed E-state index contributed by atoms with van der Waals surface area (Å²) in [7, 11) is 0. The molecule has 3 heterocycles. The fourth-order valence-electron chi connectivity index (χ4n) is 5.42. The van der Waals surface area contributed by atoms with Crippen molar-refractivity contribution in [3.63, 3.8) is 0 Å². The van der Waals surface area contributed by atoms with Crippen LogP contribution in [0.3, 0.4) is 0 Å². The first-order valence-corrected chi connectivity index (χ1v) is 15.0. The molecule has 0 atom stereocenters. The monoisotopic (exact) mass is 568 g/mol. The Bertz CT molecular complexity index is 2150. The third-order valence-electron chi connectivity index (χ3n) is 7.55. The van der Waals surface area contributed by atoms with Crippen LogP contribution < -0.4 is 0 Å². The Hall–Kier alpha value is -5.52. The molecule has 5 heteroatoms. The van der Waals surface area contributed by atoms with Crippen molar-refractivity contribution in [2.24, 2.45) is 0 Å². The van der Waals surface area contributed by atoms with Crippen molar-refractivity contribution in [2.45, 2.75) is 0 Å². The van der Waals surface area contributed by atoms with Crippen LogP contribution in [-0.4, -0.2) is 19.9 Å². The van der Waals surface area contributed by atoms with Crippen molar-refractivity contribution in [3.05, 3.63) is 146 Å². The second kappa shape index (κ2) is 10.7. The molecule has 0 saturated carbocycles. The van der Waals surface area contributed by atoms with Gasteiger partial charge in [-0.3, -0.25) is 0 Å². The molecule has 0 N–H and O–H groups in total. The second-order valence-corrected chi connectivity index (χ2v) is 11.3. The molecule has 0 aliphatic heterocycles.